The van der Waals surface area contributed by atoms with Crippen molar-refractivity contribution in [3.8, 4) is 0 Å². The van der Waals surface area contributed by atoms with Crippen LogP contribution in [0, 0.1) is 28.6 Å². The summed E-state index contributed by atoms with van der Waals surface area (Å²) >= 11 is 0. The second-order valence-corrected chi connectivity index (χ2v) is 22.7. The summed E-state index contributed by atoms with van der Waals surface area (Å²) in [6.45, 7) is 15.9. The fourth-order valence-corrected chi connectivity index (χ4v) is 14.9. The zero-order chi connectivity index (χ0) is 53.1. The predicted molar refractivity (Wildman–Crippen MR) is 256 cm³/mol. The zero-order valence-electron chi connectivity index (χ0n) is 45.1. The van der Waals surface area contributed by atoms with Gasteiger partial charge in [-0.2, -0.15) is 0 Å². The molecule has 73 heavy (non-hydrogen) atoms. The highest BCUT2D eigenvalue weighted by Gasteiger charge is 2.75. The standard InChI is InChI=1S/C53H86O20/c1-24(54)33-17-19-53(59)34-15-14-31-20-32(16-18-51(31,8)41(34)47(68-29(6)55)49(52(33,53)9)69-30(7)56)70-38-21-35(60-10)44(26(3)64-38)71-39-22-36(61-11)45(27(4)65-39)72-40-23-37(62-12)46(28(5)66-40)73-50-43(58)48(63-13)42(57)25(2)67-50/h14,24-28,32-50,54,57-59H,15-23H2,1-13H3. The number of hydrogen-bond acceptors (Lipinski definition) is 20. The highest BCUT2D eigenvalue weighted by molar-refractivity contribution is 5.68. The number of rotatable bonds is 15. The summed E-state index contributed by atoms with van der Waals surface area (Å²) in [5, 5.41) is 45.3. The molecule has 0 aromatic rings. The molecule has 4 saturated heterocycles. The normalized spacial score (nSPS) is 50.4. The highest BCUT2D eigenvalue weighted by Crippen LogP contribution is 2.69. The molecule has 418 valence electrons. The van der Waals surface area contributed by atoms with Gasteiger partial charge in [-0.25, -0.2) is 0 Å². The molecular weight excluding hydrogens is 957 g/mol. The van der Waals surface area contributed by atoms with Crippen LogP contribution in [0.2, 0.25) is 0 Å². The molecule has 4 aliphatic heterocycles. The van der Waals surface area contributed by atoms with Gasteiger partial charge in [-0.15, -0.1) is 0 Å². The first-order chi connectivity index (χ1) is 34.5. The maximum Gasteiger partial charge on any atom is 0.303 e. The van der Waals surface area contributed by atoms with E-state index in [9.17, 15) is 30.0 Å². The van der Waals surface area contributed by atoms with Crippen LogP contribution in [0.5, 0.6) is 0 Å². The number of fused-ring (bicyclic) bond motifs is 5. The molecule has 0 radical (unpaired) electrons. The van der Waals surface area contributed by atoms with Gasteiger partial charge in [0.1, 0.15) is 48.8 Å². The molecule has 27 unspecified atom stereocenters. The van der Waals surface area contributed by atoms with Crippen molar-refractivity contribution in [1.82, 2.24) is 0 Å². The number of ether oxygens (including phenoxy) is 14. The highest BCUT2D eigenvalue weighted by atomic mass is 16.8. The van der Waals surface area contributed by atoms with Crippen LogP contribution < -0.4 is 0 Å². The largest absolute Gasteiger partial charge is 0.458 e. The number of methoxy groups -OCH3 is 4. The first kappa shape index (κ1) is 57.2. The minimum Gasteiger partial charge on any atom is -0.458 e. The average molecular weight is 1040 g/mol. The lowest BCUT2D eigenvalue weighted by Gasteiger charge is -2.65. The molecule has 27 atom stereocenters. The molecule has 4 N–H and O–H groups in total. The van der Waals surface area contributed by atoms with Gasteiger partial charge in [-0.1, -0.05) is 25.5 Å². The van der Waals surface area contributed by atoms with Crippen LogP contribution in [0.15, 0.2) is 11.6 Å². The summed E-state index contributed by atoms with van der Waals surface area (Å²) in [6, 6.07) is 0. The molecule has 20 nitrogen and oxygen atoms in total. The van der Waals surface area contributed by atoms with Gasteiger partial charge in [0, 0.05) is 72.9 Å². The Balaban J connectivity index is 0.876. The monoisotopic (exact) mass is 1040 g/mol. The van der Waals surface area contributed by atoms with Crippen molar-refractivity contribution in [2.24, 2.45) is 28.6 Å². The molecule has 0 aromatic carbocycles. The molecule has 4 aliphatic carbocycles. The zero-order valence-corrected chi connectivity index (χ0v) is 45.1. The van der Waals surface area contributed by atoms with Gasteiger partial charge in [-0.05, 0) is 90.4 Å². The van der Waals surface area contributed by atoms with Crippen molar-refractivity contribution < 1.29 is 96.3 Å². The van der Waals surface area contributed by atoms with Crippen LogP contribution >= 0.6 is 0 Å². The minimum absolute atomic E-state index is 0.195. The fraction of sp³-hybridized carbons (Fsp3) is 0.925. The molecule has 0 spiro atoms. The summed E-state index contributed by atoms with van der Waals surface area (Å²) in [5.41, 5.74) is -1.71. The topological polar surface area (TPSA) is 244 Å². The fourth-order valence-electron chi connectivity index (χ4n) is 14.9. The summed E-state index contributed by atoms with van der Waals surface area (Å²) in [4.78, 5) is 25.7. The summed E-state index contributed by atoms with van der Waals surface area (Å²) in [6.07, 6.45) is -7.28. The second-order valence-electron chi connectivity index (χ2n) is 22.7. The third-order valence-electron chi connectivity index (χ3n) is 18.6. The van der Waals surface area contributed by atoms with Crippen LogP contribution in [-0.4, -0.2) is 195 Å². The Morgan fingerprint density at radius 3 is 1.67 bits per heavy atom. The molecule has 20 heteroatoms. The van der Waals surface area contributed by atoms with E-state index in [1.165, 1.54) is 21.0 Å². The lowest BCUT2D eigenvalue weighted by molar-refractivity contribution is -0.355. The van der Waals surface area contributed by atoms with Crippen LogP contribution in [0.4, 0.5) is 0 Å². The predicted octanol–water partition coefficient (Wildman–Crippen LogP) is 3.62. The molecule has 0 amide bonds. The third kappa shape index (κ3) is 10.7. The molecule has 0 aromatic heterocycles. The Morgan fingerprint density at radius 1 is 0.658 bits per heavy atom. The quantitative estimate of drug-likeness (QED) is 0.135. The molecule has 4 heterocycles. The summed E-state index contributed by atoms with van der Waals surface area (Å²) in [5.74, 6) is -2.06. The Labute approximate surface area is 430 Å². The van der Waals surface area contributed by atoms with Crippen LogP contribution in [-0.2, 0) is 75.9 Å². The van der Waals surface area contributed by atoms with Gasteiger partial charge in [-0.3, -0.25) is 9.59 Å². The van der Waals surface area contributed by atoms with Gasteiger partial charge in [0.15, 0.2) is 25.2 Å². The number of aliphatic hydroxyl groups excluding tert-OH is 3. The van der Waals surface area contributed by atoms with Crippen molar-refractivity contribution >= 4 is 11.9 Å². The van der Waals surface area contributed by atoms with Crippen LogP contribution in [0.25, 0.3) is 0 Å². The van der Waals surface area contributed by atoms with E-state index in [1.807, 2.05) is 27.7 Å². The van der Waals surface area contributed by atoms with Gasteiger partial charge < -0.3 is 86.7 Å². The SMILES string of the molecule is COC1CC(OC2CCC3(C)C(=CCC4C3C(OC(C)=O)C(OC(C)=O)C3(C)C(C(C)O)CCC43O)C2)OC(C)C1OC1CC(OC)C(OC2CC(OC)C(OC3OC(C)C(O)C(OC)C3O)C(C)O2)C(C)O1. The van der Waals surface area contributed by atoms with Crippen molar-refractivity contribution in [2.75, 3.05) is 28.4 Å². The lowest BCUT2D eigenvalue weighted by Crippen LogP contribution is -2.72. The Morgan fingerprint density at radius 2 is 1.18 bits per heavy atom. The van der Waals surface area contributed by atoms with Crippen LogP contribution in [0.3, 0.4) is 0 Å². The second kappa shape index (κ2) is 22.8. The van der Waals surface area contributed by atoms with Crippen LogP contribution in [0.1, 0.15) is 120 Å². The van der Waals surface area contributed by atoms with Gasteiger partial charge in [0.2, 0.25) is 0 Å². The van der Waals surface area contributed by atoms with Crippen molar-refractivity contribution in [2.45, 2.75) is 255 Å². The molecule has 3 saturated carbocycles. The first-order valence-corrected chi connectivity index (χ1v) is 26.7. The van der Waals surface area contributed by atoms with E-state index in [-0.39, 0.29) is 23.9 Å². The molecule has 8 rings (SSSR count). The van der Waals surface area contributed by atoms with Gasteiger partial charge >= 0.3 is 11.9 Å². The van der Waals surface area contributed by atoms with Crippen molar-refractivity contribution in [3.63, 3.8) is 0 Å². The molecular formula is C53H86O20. The Bertz CT molecular complexity index is 1920. The number of aliphatic hydroxyl groups is 4. The van der Waals surface area contributed by atoms with E-state index >= 15 is 0 Å². The number of esters is 2. The van der Waals surface area contributed by atoms with E-state index in [0.717, 1.165) is 5.57 Å². The van der Waals surface area contributed by atoms with E-state index in [0.29, 0.717) is 57.8 Å². The minimum atomic E-state index is -1.28. The first-order valence-electron chi connectivity index (χ1n) is 26.7. The van der Waals surface area contributed by atoms with Gasteiger partial charge in [0.05, 0.1) is 60.5 Å². The van der Waals surface area contributed by atoms with Gasteiger partial charge in [0.25, 0.3) is 0 Å². The Kier molecular flexibility index (Phi) is 17.9. The lowest BCUT2D eigenvalue weighted by atomic mass is 9.43. The smallest absolute Gasteiger partial charge is 0.303 e. The van der Waals surface area contributed by atoms with E-state index < -0.39 is 151 Å². The summed E-state index contributed by atoms with van der Waals surface area (Å²) in [7, 11) is 6.27. The average Bonchev–Trinajstić information content (AvgIpc) is 3.62. The number of carbonyl (C=O) groups is 2. The number of carbonyl (C=O) groups excluding carboxylic acids is 2. The maximum atomic E-state index is 12.9. The summed E-state index contributed by atoms with van der Waals surface area (Å²) < 4.78 is 87.1. The molecule has 7 fully saturated rings. The van der Waals surface area contributed by atoms with E-state index in [1.54, 1.807) is 35.2 Å². The maximum absolute atomic E-state index is 12.9. The van der Waals surface area contributed by atoms with Crippen molar-refractivity contribution in [1.29, 1.82) is 0 Å². The number of allylic oxidation sites excluding steroid dienone is 1. The molecule has 0 bridgehead atoms. The van der Waals surface area contributed by atoms with E-state index in [4.69, 9.17) is 66.3 Å². The third-order valence-corrected chi connectivity index (χ3v) is 18.6. The Hall–Kier alpha value is -1.96. The molecule has 8 aliphatic rings. The number of hydrogen-bond donors (Lipinski definition) is 4. The van der Waals surface area contributed by atoms with E-state index in [2.05, 4.69) is 13.0 Å². The van der Waals surface area contributed by atoms with Crippen molar-refractivity contribution in [3.05, 3.63) is 11.6 Å².